The van der Waals surface area contributed by atoms with Crippen LogP contribution in [0.3, 0.4) is 0 Å². The number of aliphatic carboxylic acids is 1. The van der Waals surface area contributed by atoms with Gasteiger partial charge in [0, 0.05) is 13.0 Å². The Morgan fingerprint density at radius 2 is 1.88 bits per heavy atom. The molecule has 0 aromatic carbocycles. The van der Waals surface area contributed by atoms with E-state index in [4.69, 9.17) is 5.11 Å². The fourth-order valence-electron chi connectivity index (χ4n) is 0.923. The molecule has 0 saturated carbocycles. The Bertz CT molecular complexity index is 352. The zero-order chi connectivity index (χ0) is 13.7. The number of halogens is 3. The highest BCUT2D eigenvalue weighted by molar-refractivity contribution is 7.90. The van der Waals surface area contributed by atoms with Crippen LogP contribution in [-0.4, -0.2) is 37.5 Å². The molecular formula is C8H14F3NO4S. The van der Waals surface area contributed by atoms with Crippen LogP contribution < -0.4 is 4.72 Å². The van der Waals surface area contributed by atoms with Crippen LogP contribution in [0, 0.1) is 0 Å². The first-order chi connectivity index (χ1) is 7.56. The molecule has 102 valence electrons. The molecule has 0 bridgehead atoms. The highest BCUT2D eigenvalue weighted by atomic mass is 32.2. The van der Waals surface area contributed by atoms with E-state index in [-0.39, 0.29) is 19.4 Å². The lowest BCUT2D eigenvalue weighted by Gasteiger charge is -2.10. The highest BCUT2D eigenvalue weighted by Gasteiger charge is 2.28. The van der Waals surface area contributed by atoms with Crippen LogP contribution in [0.4, 0.5) is 13.2 Å². The van der Waals surface area contributed by atoms with Crippen LogP contribution in [0.1, 0.15) is 26.2 Å². The summed E-state index contributed by atoms with van der Waals surface area (Å²) >= 11 is 0. The van der Waals surface area contributed by atoms with Gasteiger partial charge in [0.1, 0.15) is 0 Å². The van der Waals surface area contributed by atoms with Crippen LogP contribution >= 0.6 is 0 Å². The molecule has 0 aliphatic rings. The fourth-order valence-corrected chi connectivity index (χ4v) is 1.87. The third kappa shape index (κ3) is 7.16. The number of carboxylic acid groups (broad SMARTS) is 1. The SMILES string of the molecule is CC(C(=O)O)S(=O)(=O)NCCCCC(F)(F)F. The molecular weight excluding hydrogens is 263 g/mol. The van der Waals surface area contributed by atoms with Crippen molar-refractivity contribution < 1.29 is 31.5 Å². The molecule has 9 heteroatoms. The molecule has 0 aliphatic heterocycles. The fraction of sp³-hybridized carbons (Fsp3) is 0.875. The third-order valence-corrected chi connectivity index (χ3v) is 3.74. The summed E-state index contributed by atoms with van der Waals surface area (Å²) < 4.78 is 59.6. The van der Waals surface area contributed by atoms with Gasteiger partial charge in [-0.15, -0.1) is 0 Å². The van der Waals surface area contributed by atoms with Gasteiger partial charge < -0.3 is 5.11 Å². The Balaban J connectivity index is 3.94. The van der Waals surface area contributed by atoms with E-state index in [1.165, 1.54) is 0 Å². The van der Waals surface area contributed by atoms with Gasteiger partial charge >= 0.3 is 12.1 Å². The van der Waals surface area contributed by atoms with E-state index in [0.717, 1.165) is 6.92 Å². The first-order valence-corrected chi connectivity index (χ1v) is 6.39. The molecule has 17 heavy (non-hydrogen) atoms. The van der Waals surface area contributed by atoms with E-state index in [9.17, 15) is 26.4 Å². The Morgan fingerprint density at radius 3 is 2.29 bits per heavy atom. The molecule has 1 atom stereocenters. The molecule has 0 amide bonds. The summed E-state index contributed by atoms with van der Waals surface area (Å²) in [7, 11) is -4.01. The second-order valence-electron chi connectivity index (χ2n) is 3.49. The number of unbranched alkanes of at least 4 members (excludes halogenated alkanes) is 1. The second kappa shape index (κ2) is 6.20. The highest BCUT2D eigenvalue weighted by Crippen LogP contribution is 2.21. The van der Waals surface area contributed by atoms with Gasteiger partial charge in [-0.1, -0.05) is 0 Å². The van der Waals surface area contributed by atoms with Gasteiger partial charge in [0.05, 0.1) is 0 Å². The summed E-state index contributed by atoms with van der Waals surface area (Å²) in [4.78, 5) is 10.4. The number of nitrogens with one attached hydrogen (secondary N) is 1. The quantitative estimate of drug-likeness (QED) is 0.683. The van der Waals surface area contributed by atoms with Crippen LogP contribution in [0.25, 0.3) is 0 Å². The molecule has 0 aliphatic carbocycles. The predicted molar refractivity (Wildman–Crippen MR) is 53.9 cm³/mol. The van der Waals surface area contributed by atoms with Crippen LogP contribution in [0.5, 0.6) is 0 Å². The van der Waals surface area contributed by atoms with Crippen molar-refractivity contribution in [1.82, 2.24) is 4.72 Å². The zero-order valence-corrected chi connectivity index (χ0v) is 9.94. The maximum absolute atomic E-state index is 11.7. The van der Waals surface area contributed by atoms with Crippen molar-refractivity contribution in [2.24, 2.45) is 0 Å². The normalized spacial score (nSPS) is 14.6. The van der Waals surface area contributed by atoms with E-state index < -0.39 is 33.8 Å². The molecule has 0 saturated heterocycles. The third-order valence-electron chi connectivity index (χ3n) is 2.00. The molecule has 0 aromatic heterocycles. The van der Waals surface area contributed by atoms with E-state index >= 15 is 0 Å². The van der Waals surface area contributed by atoms with Crippen molar-refractivity contribution in [2.75, 3.05) is 6.54 Å². The van der Waals surface area contributed by atoms with E-state index in [1.54, 1.807) is 0 Å². The zero-order valence-electron chi connectivity index (χ0n) is 9.12. The summed E-state index contributed by atoms with van der Waals surface area (Å²) in [5, 5.41) is 6.84. The molecule has 0 fully saturated rings. The number of hydrogen-bond acceptors (Lipinski definition) is 3. The van der Waals surface area contributed by atoms with Crippen molar-refractivity contribution in [1.29, 1.82) is 0 Å². The van der Waals surface area contributed by atoms with Gasteiger partial charge in [0.25, 0.3) is 0 Å². The van der Waals surface area contributed by atoms with Gasteiger partial charge in [-0.2, -0.15) is 13.2 Å². The largest absolute Gasteiger partial charge is 0.480 e. The molecule has 0 rings (SSSR count). The Morgan fingerprint density at radius 1 is 1.35 bits per heavy atom. The minimum Gasteiger partial charge on any atom is -0.480 e. The average molecular weight is 277 g/mol. The molecule has 0 aromatic rings. The topological polar surface area (TPSA) is 83.5 Å². The molecule has 0 spiro atoms. The second-order valence-corrected chi connectivity index (χ2v) is 5.58. The van der Waals surface area contributed by atoms with Crippen molar-refractivity contribution in [3.05, 3.63) is 0 Å². The van der Waals surface area contributed by atoms with E-state index in [1.807, 2.05) is 4.72 Å². The van der Waals surface area contributed by atoms with Crippen LogP contribution in [0.2, 0.25) is 0 Å². The number of carbonyl (C=O) groups is 1. The monoisotopic (exact) mass is 277 g/mol. The predicted octanol–water partition coefficient (Wildman–Crippen LogP) is 1.11. The molecule has 5 nitrogen and oxygen atoms in total. The van der Waals surface area contributed by atoms with Crippen molar-refractivity contribution >= 4 is 16.0 Å². The first kappa shape index (κ1) is 16.2. The van der Waals surface area contributed by atoms with Crippen LogP contribution in [-0.2, 0) is 14.8 Å². The number of hydrogen-bond donors (Lipinski definition) is 2. The maximum atomic E-state index is 11.7. The summed E-state index contributed by atoms with van der Waals surface area (Å²) in [5.41, 5.74) is 0. The van der Waals surface area contributed by atoms with Gasteiger partial charge in [-0.25, -0.2) is 13.1 Å². The van der Waals surface area contributed by atoms with Gasteiger partial charge in [-0.05, 0) is 19.8 Å². The average Bonchev–Trinajstić information content (AvgIpc) is 2.13. The van der Waals surface area contributed by atoms with Gasteiger partial charge in [-0.3, -0.25) is 4.79 Å². The minimum atomic E-state index is -4.26. The van der Waals surface area contributed by atoms with Crippen molar-refractivity contribution in [3.63, 3.8) is 0 Å². The summed E-state index contributed by atoms with van der Waals surface area (Å²) in [6.07, 6.45) is -5.44. The molecule has 0 radical (unpaired) electrons. The van der Waals surface area contributed by atoms with Gasteiger partial charge in [0.2, 0.25) is 10.0 Å². The van der Waals surface area contributed by atoms with E-state index in [2.05, 4.69) is 0 Å². The van der Waals surface area contributed by atoms with Gasteiger partial charge in [0.15, 0.2) is 5.25 Å². The minimum absolute atomic E-state index is 0.00504. The molecule has 1 unspecified atom stereocenters. The maximum Gasteiger partial charge on any atom is 0.389 e. The number of alkyl halides is 3. The first-order valence-electron chi connectivity index (χ1n) is 4.84. The van der Waals surface area contributed by atoms with Crippen molar-refractivity contribution in [3.8, 4) is 0 Å². The number of carboxylic acids is 1. The lowest BCUT2D eigenvalue weighted by Crippen LogP contribution is -2.37. The van der Waals surface area contributed by atoms with E-state index in [0.29, 0.717) is 0 Å². The van der Waals surface area contributed by atoms with Crippen LogP contribution in [0.15, 0.2) is 0 Å². The van der Waals surface area contributed by atoms with Crippen molar-refractivity contribution in [2.45, 2.75) is 37.6 Å². The smallest absolute Gasteiger partial charge is 0.389 e. The lowest BCUT2D eigenvalue weighted by atomic mass is 10.2. The Labute approximate surface area is 97.1 Å². The number of rotatable bonds is 7. The number of sulfonamides is 1. The molecule has 0 heterocycles. The summed E-state index contributed by atoms with van der Waals surface area (Å²) in [6, 6.07) is 0. The summed E-state index contributed by atoms with van der Waals surface area (Å²) in [5.74, 6) is -1.51. The molecule has 2 N–H and O–H groups in total. The Hall–Kier alpha value is -0.830. The standard InChI is InChI=1S/C8H14F3NO4S/c1-6(7(13)14)17(15,16)12-5-3-2-4-8(9,10)11/h6,12H,2-5H2,1H3,(H,13,14). The lowest BCUT2D eigenvalue weighted by molar-refractivity contribution is -0.136. The Kier molecular flexibility index (Phi) is 5.89. The summed E-state index contributed by atoms with van der Waals surface area (Å²) in [6.45, 7) is 0.788.